The zero-order valence-electron chi connectivity index (χ0n) is 13.9. The summed E-state index contributed by atoms with van der Waals surface area (Å²) in [7, 11) is 0. The van der Waals surface area contributed by atoms with Gasteiger partial charge in [-0.3, -0.25) is 14.2 Å². The molecule has 8 nitrogen and oxygen atoms in total. The maximum absolute atomic E-state index is 12.5. The lowest BCUT2D eigenvalue weighted by atomic mass is 10.0. The fourth-order valence-corrected chi connectivity index (χ4v) is 2.99. The Bertz CT molecular complexity index is 782. The molecule has 0 saturated carbocycles. The lowest BCUT2D eigenvalue weighted by molar-refractivity contribution is -0.134. The van der Waals surface area contributed by atoms with Gasteiger partial charge in [0.1, 0.15) is 5.56 Å². The number of amides is 1. The Balaban J connectivity index is 1.72. The lowest BCUT2D eigenvalue weighted by Crippen LogP contribution is -2.42. The van der Waals surface area contributed by atoms with E-state index in [1.165, 1.54) is 23.5 Å². The van der Waals surface area contributed by atoms with Crippen molar-refractivity contribution in [3.8, 4) is 11.5 Å². The van der Waals surface area contributed by atoms with Crippen molar-refractivity contribution in [3.63, 3.8) is 0 Å². The minimum absolute atomic E-state index is 0.0770. The number of carbonyl (C=O) groups excluding carboxylic acids is 1. The number of piperidine rings is 1. The minimum Gasteiger partial charge on any atom is -0.340 e. The highest BCUT2D eigenvalue weighted by atomic mass is 16.5. The van der Waals surface area contributed by atoms with Gasteiger partial charge in [0.05, 0.1) is 6.33 Å². The molecule has 1 aliphatic rings. The van der Waals surface area contributed by atoms with Gasteiger partial charge in [-0.05, 0) is 33.1 Å². The molecule has 2 aromatic rings. The highest BCUT2D eigenvalue weighted by molar-refractivity contribution is 5.76. The van der Waals surface area contributed by atoms with E-state index < -0.39 is 0 Å². The predicted molar refractivity (Wildman–Crippen MR) is 86.2 cm³/mol. The highest BCUT2D eigenvalue weighted by Crippen LogP contribution is 2.17. The number of aromatic nitrogens is 4. The Labute approximate surface area is 139 Å². The Morgan fingerprint density at radius 3 is 2.96 bits per heavy atom. The monoisotopic (exact) mass is 331 g/mol. The van der Waals surface area contributed by atoms with E-state index in [-0.39, 0.29) is 41.9 Å². The van der Waals surface area contributed by atoms with Crippen LogP contribution in [0, 0.1) is 6.92 Å². The first kappa shape index (κ1) is 16.4. The first-order chi connectivity index (χ1) is 11.6. The Kier molecular flexibility index (Phi) is 4.73. The predicted octanol–water partition coefficient (Wildman–Crippen LogP) is 1.39. The van der Waals surface area contributed by atoms with Crippen molar-refractivity contribution in [1.82, 2.24) is 24.6 Å². The molecule has 1 aliphatic heterocycles. The average molecular weight is 331 g/mol. The molecule has 0 spiro atoms. The van der Waals surface area contributed by atoms with Gasteiger partial charge in [-0.15, -0.1) is 0 Å². The van der Waals surface area contributed by atoms with E-state index >= 15 is 0 Å². The van der Waals surface area contributed by atoms with Crippen molar-refractivity contribution in [2.24, 2.45) is 0 Å². The Morgan fingerprint density at radius 2 is 2.25 bits per heavy atom. The van der Waals surface area contributed by atoms with Gasteiger partial charge in [0, 0.05) is 31.7 Å². The van der Waals surface area contributed by atoms with Crippen molar-refractivity contribution in [2.75, 3.05) is 6.54 Å². The largest absolute Gasteiger partial charge is 0.340 e. The van der Waals surface area contributed by atoms with Crippen molar-refractivity contribution in [2.45, 2.75) is 52.1 Å². The summed E-state index contributed by atoms with van der Waals surface area (Å²) < 4.78 is 6.45. The van der Waals surface area contributed by atoms with Crippen LogP contribution in [0.5, 0.6) is 0 Å². The molecule has 1 amide bonds. The molecule has 0 radical (unpaired) electrons. The molecular formula is C16H21N5O3. The van der Waals surface area contributed by atoms with Crippen LogP contribution in [0.3, 0.4) is 0 Å². The molecule has 1 unspecified atom stereocenters. The van der Waals surface area contributed by atoms with E-state index in [9.17, 15) is 9.59 Å². The second-order valence-electron chi connectivity index (χ2n) is 6.13. The van der Waals surface area contributed by atoms with Crippen LogP contribution in [0.1, 0.15) is 38.4 Å². The van der Waals surface area contributed by atoms with Crippen LogP contribution in [-0.2, 0) is 11.3 Å². The molecule has 0 bridgehead atoms. The summed E-state index contributed by atoms with van der Waals surface area (Å²) in [5, 5.41) is 3.68. The molecule has 0 aromatic carbocycles. The summed E-state index contributed by atoms with van der Waals surface area (Å²) in [6, 6.07) is 0.272. The third-order valence-corrected chi connectivity index (χ3v) is 4.35. The molecule has 0 N–H and O–H groups in total. The van der Waals surface area contributed by atoms with Gasteiger partial charge in [0.15, 0.2) is 5.82 Å². The second-order valence-corrected chi connectivity index (χ2v) is 6.13. The smallest absolute Gasteiger partial charge is 0.266 e. The van der Waals surface area contributed by atoms with E-state index in [1.54, 1.807) is 6.92 Å². The van der Waals surface area contributed by atoms with E-state index in [2.05, 4.69) is 22.0 Å². The standard InChI is InChI=1S/C16H21N5O3/c1-11-5-3-4-7-21(11)14(22)6-8-20-10-17-9-13(16(20)23)15-18-12(2)19-24-15/h9-11H,3-8H2,1-2H3. The van der Waals surface area contributed by atoms with E-state index in [4.69, 9.17) is 4.52 Å². The number of likely N-dealkylation sites (tertiary alicyclic amines) is 1. The average Bonchev–Trinajstić information content (AvgIpc) is 3.00. The molecule has 8 heteroatoms. The summed E-state index contributed by atoms with van der Waals surface area (Å²) in [5.41, 5.74) is -0.0370. The lowest BCUT2D eigenvalue weighted by Gasteiger charge is -2.33. The van der Waals surface area contributed by atoms with Crippen LogP contribution in [0.25, 0.3) is 11.5 Å². The topological polar surface area (TPSA) is 94.1 Å². The van der Waals surface area contributed by atoms with Gasteiger partial charge >= 0.3 is 0 Å². The van der Waals surface area contributed by atoms with E-state index in [1.807, 2.05) is 4.90 Å². The van der Waals surface area contributed by atoms with Gasteiger partial charge in [-0.2, -0.15) is 4.98 Å². The van der Waals surface area contributed by atoms with Gasteiger partial charge in [-0.1, -0.05) is 5.16 Å². The first-order valence-electron chi connectivity index (χ1n) is 8.21. The maximum Gasteiger partial charge on any atom is 0.266 e. The molecule has 0 aliphatic carbocycles. The molecule has 1 saturated heterocycles. The SMILES string of the molecule is Cc1noc(-c2cncn(CCC(=O)N3CCCCC3C)c2=O)n1. The van der Waals surface area contributed by atoms with Crippen molar-refractivity contribution in [3.05, 3.63) is 28.7 Å². The van der Waals surface area contributed by atoms with Crippen LogP contribution in [0.15, 0.2) is 21.8 Å². The molecular weight excluding hydrogens is 310 g/mol. The van der Waals surface area contributed by atoms with Gasteiger partial charge in [0.25, 0.3) is 11.4 Å². The number of aryl methyl sites for hydroxylation is 2. The fourth-order valence-electron chi connectivity index (χ4n) is 2.99. The molecule has 3 heterocycles. The van der Waals surface area contributed by atoms with Crippen molar-refractivity contribution >= 4 is 5.91 Å². The van der Waals surface area contributed by atoms with Crippen LogP contribution >= 0.6 is 0 Å². The molecule has 1 fully saturated rings. The van der Waals surface area contributed by atoms with Crippen LogP contribution in [-0.4, -0.2) is 43.1 Å². The first-order valence-corrected chi connectivity index (χ1v) is 8.21. The maximum atomic E-state index is 12.5. The highest BCUT2D eigenvalue weighted by Gasteiger charge is 2.23. The summed E-state index contributed by atoms with van der Waals surface area (Å²) in [5.74, 6) is 0.678. The zero-order valence-corrected chi connectivity index (χ0v) is 13.9. The van der Waals surface area contributed by atoms with Crippen molar-refractivity contribution < 1.29 is 9.32 Å². The summed E-state index contributed by atoms with van der Waals surface area (Å²) in [6.45, 7) is 4.84. The number of nitrogens with zero attached hydrogens (tertiary/aromatic N) is 5. The summed E-state index contributed by atoms with van der Waals surface area (Å²) in [6.07, 6.45) is 6.36. The second kappa shape index (κ2) is 6.94. The molecule has 3 rings (SSSR count). The zero-order chi connectivity index (χ0) is 17.1. The summed E-state index contributed by atoms with van der Waals surface area (Å²) in [4.78, 5) is 34.9. The number of rotatable bonds is 4. The third-order valence-electron chi connectivity index (χ3n) is 4.35. The van der Waals surface area contributed by atoms with Gasteiger partial charge in [0.2, 0.25) is 5.91 Å². The Morgan fingerprint density at radius 1 is 1.42 bits per heavy atom. The van der Waals surface area contributed by atoms with Crippen LogP contribution in [0.4, 0.5) is 0 Å². The van der Waals surface area contributed by atoms with Crippen LogP contribution < -0.4 is 5.56 Å². The van der Waals surface area contributed by atoms with E-state index in [0.717, 1.165) is 19.4 Å². The molecule has 2 aromatic heterocycles. The molecule has 1 atom stereocenters. The van der Waals surface area contributed by atoms with Crippen LogP contribution in [0.2, 0.25) is 0 Å². The Hall–Kier alpha value is -2.51. The number of hydrogen-bond acceptors (Lipinski definition) is 6. The normalized spacial score (nSPS) is 17.9. The third kappa shape index (κ3) is 3.37. The number of hydrogen-bond donors (Lipinski definition) is 0. The van der Waals surface area contributed by atoms with Gasteiger partial charge in [-0.25, -0.2) is 4.98 Å². The van der Waals surface area contributed by atoms with E-state index in [0.29, 0.717) is 5.82 Å². The number of carbonyl (C=O) groups is 1. The van der Waals surface area contributed by atoms with Gasteiger partial charge < -0.3 is 9.42 Å². The molecule has 24 heavy (non-hydrogen) atoms. The molecule has 128 valence electrons. The van der Waals surface area contributed by atoms with Crippen molar-refractivity contribution in [1.29, 1.82) is 0 Å². The summed E-state index contributed by atoms with van der Waals surface area (Å²) >= 11 is 0. The quantitative estimate of drug-likeness (QED) is 0.840. The fraction of sp³-hybridized carbons (Fsp3) is 0.562. The minimum atomic E-state index is -0.284.